The predicted octanol–water partition coefficient (Wildman–Crippen LogP) is 2.54. The van der Waals surface area contributed by atoms with Crippen molar-refractivity contribution in [2.24, 2.45) is 5.84 Å². The summed E-state index contributed by atoms with van der Waals surface area (Å²) in [6.07, 6.45) is 3.17. The molecule has 6 heteroatoms. The van der Waals surface area contributed by atoms with Gasteiger partial charge >= 0.3 is 0 Å². The third-order valence-electron chi connectivity index (χ3n) is 2.81. The quantitative estimate of drug-likeness (QED) is 0.670. The third kappa shape index (κ3) is 2.75. The van der Waals surface area contributed by atoms with E-state index in [0.717, 1.165) is 5.56 Å². The van der Waals surface area contributed by atoms with Crippen LogP contribution in [-0.2, 0) is 0 Å². The van der Waals surface area contributed by atoms with Gasteiger partial charge in [0.25, 0.3) is 0 Å². The molecule has 3 N–H and O–H groups in total. The molecule has 1 aromatic heterocycles. The van der Waals surface area contributed by atoms with Crippen LogP contribution in [-0.4, -0.2) is 12.1 Å². The molecule has 0 fully saturated rings. The third-order valence-corrected chi connectivity index (χ3v) is 3.42. The molecule has 0 amide bonds. The first-order valence-corrected chi connectivity index (χ1v) is 6.36. The summed E-state index contributed by atoms with van der Waals surface area (Å²) in [7, 11) is 1.53. The van der Waals surface area contributed by atoms with Gasteiger partial charge in [-0.15, -0.1) is 0 Å². The topological polar surface area (TPSA) is 60.2 Å². The van der Waals surface area contributed by atoms with Crippen molar-refractivity contribution in [3.63, 3.8) is 0 Å². The highest BCUT2D eigenvalue weighted by atomic mass is 79.9. The Kier molecular flexibility index (Phi) is 4.47. The summed E-state index contributed by atoms with van der Waals surface area (Å²) in [5, 5.41) is 0. The molecule has 2 rings (SSSR count). The van der Waals surface area contributed by atoms with Gasteiger partial charge in [-0.25, -0.2) is 9.82 Å². The molecule has 0 radical (unpaired) electrons. The number of nitrogens with two attached hydrogens (primary N) is 1. The molecule has 2 aromatic rings. The standard InChI is InChI=1S/C13H13BrFN3O/c1-19-11-7-17-6-5-8(11)13(18-16)9-3-2-4-10(14)12(9)15/h2-7,13,18H,16H2,1H3. The number of halogens is 2. The number of ether oxygens (including phenoxy) is 1. The molecule has 0 aliphatic rings. The average molecular weight is 326 g/mol. The highest BCUT2D eigenvalue weighted by Gasteiger charge is 2.21. The van der Waals surface area contributed by atoms with Crippen LogP contribution < -0.4 is 16.0 Å². The summed E-state index contributed by atoms with van der Waals surface area (Å²) in [4.78, 5) is 3.97. The molecule has 0 bridgehead atoms. The highest BCUT2D eigenvalue weighted by molar-refractivity contribution is 9.10. The van der Waals surface area contributed by atoms with Crippen LogP contribution in [0.2, 0.25) is 0 Å². The Morgan fingerprint density at radius 3 is 2.84 bits per heavy atom. The maximum atomic E-state index is 14.2. The zero-order valence-electron chi connectivity index (χ0n) is 10.2. The van der Waals surface area contributed by atoms with Crippen molar-refractivity contribution in [1.82, 2.24) is 10.4 Å². The fourth-order valence-corrected chi connectivity index (χ4v) is 2.27. The lowest BCUT2D eigenvalue weighted by atomic mass is 9.99. The molecule has 19 heavy (non-hydrogen) atoms. The van der Waals surface area contributed by atoms with E-state index in [0.29, 0.717) is 15.8 Å². The zero-order valence-corrected chi connectivity index (χ0v) is 11.8. The Morgan fingerprint density at radius 1 is 1.37 bits per heavy atom. The Bertz CT molecular complexity index is 580. The van der Waals surface area contributed by atoms with Gasteiger partial charge in [-0.3, -0.25) is 10.8 Å². The second-order valence-corrected chi connectivity index (χ2v) is 4.71. The zero-order chi connectivity index (χ0) is 13.8. The predicted molar refractivity (Wildman–Crippen MR) is 74.1 cm³/mol. The Morgan fingerprint density at radius 2 is 2.16 bits per heavy atom. The van der Waals surface area contributed by atoms with E-state index in [-0.39, 0.29) is 5.82 Å². The molecule has 1 atom stereocenters. The maximum Gasteiger partial charge on any atom is 0.142 e. The van der Waals surface area contributed by atoms with Crippen molar-refractivity contribution in [3.05, 3.63) is 58.1 Å². The number of methoxy groups -OCH3 is 1. The summed E-state index contributed by atoms with van der Waals surface area (Å²) in [6, 6.07) is 6.28. The van der Waals surface area contributed by atoms with Crippen molar-refractivity contribution in [2.45, 2.75) is 6.04 Å². The van der Waals surface area contributed by atoms with Gasteiger partial charge in [0.1, 0.15) is 11.6 Å². The number of hydrogen-bond donors (Lipinski definition) is 2. The van der Waals surface area contributed by atoms with Crippen LogP contribution in [0.5, 0.6) is 5.75 Å². The first kappa shape index (κ1) is 13.9. The number of pyridine rings is 1. The van der Waals surface area contributed by atoms with Gasteiger partial charge in [0, 0.05) is 17.3 Å². The second-order valence-electron chi connectivity index (χ2n) is 3.86. The van der Waals surface area contributed by atoms with Crippen molar-refractivity contribution in [2.75, 3.05) is 7.11 Å². The van der Waals surface area contributed by atoms with E-state index in [4.69, 9.17) is 10.6 Å². The smallest absolute Gasteiger partial charge is 0.142 e. The molecule has 1 aromatic carbocycles. The highest BCUT2D eigenvalue weighted by Crippen LogP contribution is 2.32. The van der Waals surface area contributed by atoms with Crippen molar-refractivity contribution in [1.29, 1.82) is 0 Å². The molecular weight excluding hydrogens is 313 g/mol. The molecule has 0 aliphatic heterocycles. The van der Waals surface area contributed by atoms with Crippen molar-refractivity contribution in [3.8, 4) is 5.75 Å². The van der Waals surface area contributed by atoms with Gasteiger partial charge in [-0.1, -0.05) is 12.1 Å². The molecule has 0 saturated heterocycles. The normalized spacial score (nSPS) is 12.2. The summed E-state index contributed by atoms with van der Waals surface area (Å²) < 4.78 is 19.8. The maximum absolute atomic E-state index is 14.2. The van der Waals surface area contributed by atoms with Crippen LogP contribution in [0.25, 0.3) is 0 Å². The monoisotopic (exact) mass is 325 g/mol. The fraction of sp³-hybridized carbons (Fsp3) is 0.154. The van der Waals surface area contributed by atoms with Gasteiger partial charge in [-0.05, 0) is 28.1 Å². The van der Waals surface area contributed by atoms with Gasteiger partial charge in [0.15, 0.2) is 0 Å². The van der Waals surface area contributed by atoms with Crippen molar-refractivity contribution < 1.29 is 9.13 Å². The SMILES string of the molecule is COc1cnccc1C(NN)c1cccc(Br)c1F. The summed E-state index contributed by atoms with van der Waals surface area (Å²) >= 11 is 3.16. The molecule has 0 saturated carbocycles. The first-order chi connectivity index (χ1) is 9.19. The Balaban J connectivity index is 2.53. The molecule has 1 heterocycles. The number of aromatic nitrogens is 1. The van der Waals surface area contributed by atoms with Crippen LogP contribution in [0, 0.1) is 5.82 Å². The molecule has 1 unspecified atom stereocenters. The van der Waals surface area contributed by atoms with Crippen molar-refractivity contribution >= 4 is 15.9 Å². The minimum atomic E-state index is -0.518. The summed E-state index contributed by atoms with van der Waals surface area (Å²) in [6.45, 7) is 0. The molecule has 4 nitrogen and oxygen atoms in total. The number of nitrogens with zero attached hydrogens (tertiary/aromatic N) is 1. The fourth-order valence-electron chi connectivity index (χ4n) is 1.89. The van der Waals surface area contributed by atoms with E-state index in [1.165, 1.54) is 7.11 Å². The minimum Gasteiger partial charge on any atom is -0.495 e. The molecule has 0 spiro atoms. The van der Waals surface area contributed by atoms with E-state index >= 15 is 0 Å². The van der Waals surface area contributed by atoms with Gasteiger partial charge in [0.05, 0.1) is 23.8 Å². The lowest BCUT2D eigenvalue weighted by molar-refractivity contribution is 0.401. The average Bonchev–Trinajstić information content (AvgIpc) is 2.45. The Hall–Kier alpha value is -1.50. The van der Waals surface area contributed by atoms with Crippen LogP contribution in [0.15, 0.2) is 41.1 Å². The van der Waals surface area contributed by atoms with Crippen LogP contribution in [0.4, 0.5) is 4.39 Å². The number of hydrogen-bond acceptors (Lipinski definition) is 4. The van der Waals surface area contributed by atoms with Gasteiger partial charge in [-0.2, -0.15) is 0 Å². The number of benzene rings is 1. The molecule has 0 aliphatic carbocycles. The van der Waals surface area contributed by atoms with Crippen LogP contribution >= 0.6 is 15.9 Å². The number of nitrogens with one attached hydrogen (secondary N) is 1. The summed E-state index contributed by atoms with van der Waals surface area (Å²) in [5.74, 6) is 5.76. The van der Waals surface area contributed by atoms with Crippen LogP contribution in [0.1, 0.15) is 17.2 Å². The lowest BCUT2D eigenvalue weighted by Crippen LogP contribution is -2.30. The van der Waals surface area contributed by atoms with E-state index in [1.54, 1.807) is 36.7 Å². The van der Waals surface area contributed by atoms with E-state index in [2.05, 4.69) is 26.3 Å². The molecule has 100 valence electrons. The largest absolute Gasteiger partial charge is 0.495 e. The summed E-state index contributed by atoms with van der Waals surface area (Å²) in [5.41, 5.74) is 3.76. The lowest BCUT2D eigenvalue weighted by Gasteiger charge is -2.20. The van der Waals surface area contributed by atoms with Gasteiger partial charge < -0.3 is 4.74 Å². The van der Waals surface area contributed by atoms with E-state index in [9.17, 15) is 4.39 Å². The van der Waals surface area contributed by atoms with Crippen LogP contribution in [0.3, 0.4) is 0 Å². The van der Waals surface area contributed by atoms with Gasteiger partial charge in [0.2, 0.25) is 0 Å². The minimum absolute atomic E-state index is 0.357. The Labute approximate surface area is 118 Å². The second kappa shape index (κ2) is 6.10. The van der Waals surface area contributed by atoms with E-state index < -0.39 is 6.04 Å². The first-order valence-electron chi connectivity index (χ1n) is 5.57. The van der Waals surface area contributed by atoms with E-state index in [1.807, 2.05) is 0 Å². The number of rotatable bonds is 4. The number of hydrazine groups is 1. The molecular formula is C13H13BrFN3O.